The van der Waals surface area contributed by atoms with Gasteiger partial charge in [0.25, 0.3) is 0 Å². The van der Waals surface area contributed by atoms with E-state index in [0.29, 0.717) is 11.5 Å². The first-order valence-corrected chi connectivity index (χ1v) is 29.8. The smallest absolute Gasteiger partial charge is 0.207 e. The topological polar surface area (TPSA) is 42.3 Å². The molecule has 1 aliphatic heterocycles. The van der Waals surface area contributed by atoms with Crippen molar-refractivity contribution in [2.75, 3.05) is 10.2 Å². The molecule has 0 amide bonds. The molecule has 0 unspecified atom stereocenters. The van der Waals surface area contributed by atoms with Gasteiger partial charge in [0, 0.05) is 72.2 Å². The summed E-state index contributed by atoms with van der Waals surface area (Å²) in [7, 11) is 4.98. The van der Waals surface area contributed by atoms with E-state index in [0.717, 1.165) is 56.3 Å². The molecular formula is C78H74BN4OPt-3. The standard InChI is InChI=1S/C78H74BN4O.Pt/c1-74(2,3)51-38-39-80-70(45-51)83-68-37-25-32-62-71(68)72-63(78(62)60-30-18-20-33-64(60)79(13)65-34-21-19-31-61(65)78)47-57(48-69(72)83)84-56-29-24-28-55(46-56)81-66-35-22-23-36-67(66)82(14)73-58(49-26-16-15-17-27-49)43-54(77(10,11)12)44-59(73)50-40-52(75(4,5)6)42-53(41-50)76(7,8)9;/h15-45,47,81H,14H2,1-13H3;/q-3;. The number of hydrogen-bond acceptors (Lipinski definition) is 4. The van der Waals surface area contributed by atoms with E-state index in [2.05, 4.69) is 287 Å². The molecular weight excluding hydrogens is 1210 g/mol. The van der Waals surface area contributed by atoms with Crippen LogP contribution in [0.15, 0.2) is 194 Å². The van der Waals surface area contributed by atoms with Gasteiger partial charge in [-0.1, -0.05) is 239 Å². The SMILES string of the molecule is [CH2-]N(c1ccccc1Nc1[c-]c(Oc2[c-]c3c4c(c2)C2(c5ccccc5B(C)c5ccccc52)c2cccc(c24)n3-c2cc(C(C)(C)C)ccn2)ccc1)c1c(-c2ccccc2)cc(C(C)(C)C)cc1-c1cc(C(C)(C)C)cc(C(C)(C)C)c1.[Pt]. The molecule has 1 N–H and O–H groups in total. The minimum absolute atomic E-state index is 0. The molecule has 11 aromatic rings. The maximum atomic E-state index is 7.16. The van der Waals surface area contributed by atoms with Crippen LogP contribution >= 0.6 is 0 Å². The molecule has 0 bridgehead atoms. The second-order valence-corrected chi connectivity index (χ2v) is 27.5. The fraction of sp³-hybridized carbons (Fsp3) is 0.231. The Morgan fingerprint density at radius 3 is 1.73 bits per heavy atom. The third kappa shape index (κ3) is 9.74. The van der Waals surface area contributed by atoms with Crippen LogP contribution < -0.4 is 25.9 Å². The van der Waals surface area contributed by atoms with Crippen LogP contribution in [-0.2, 0) is 48.1 Å². The number of para-hydroxylation sites is 2. The number of fused-ring (bicyclic) bond motifs is 6. The summed E-state index contributed by atoms with van der Waals surface area (Å²) in [6.07, 6.45) is 1.94. The van der Waals surface area contributed by atoms with Crippen molar-refractivity contribution in [2.45, 2.75) is 117 Å². The Hall–Kier alpha value is -7.92. The normalized spacial score (nSPS) is 13.5. The summed E-state index contributed by atoms with van der Waals surface area (Å²) in [4.78, 5) is 7.23. The first-order chi connectivity index (χ1) is 40.0. The Morgan fingerprint density at radius 1 is 0.518 bits per heavy atom. The number of hydrogen-bond donors (Lipinski definition) is 1. The Bertz CT molecular complexity index is 4330. The Kier molecular flexibility index (Phi) is 14.2. The third-order valence-electron chi connectivity index (χ3n) is 17.9. The van der Waals surface area contributed by atoms with E-state index in [1.807, 2.05) is 24.4 Å². The first-order valence-electron chi connectivity index (χ1n) is 29.8. The van der Waals surface area contributed by atoms with E-state index >= 15 is 0 Å². The maximum Gasteiger partial charge on any atom is 0.207 e. The van der Waals surface area contributed by atoms with Gasteiger partial charge in [-0.15, -0.1) is 35.9 Å². The predicted molar refractivity (Wildman–Crippen MR) is 355 cm³/mol. The zero-order valence-electron chi connectivity index (χ0n) is 51.3. The van der Waals surface area contributed by atoms with Crippen LogP contribution in [0.3, 0.4) is 0 Å². The number of anilines is 4. The van der Waals surface area contributed by atoms with Crippen molar-refractivity contribution in [3.8, 4) is 39.6 Å². The first kappa shape index (κ1) is 57.5. The van der Waals surface area contributed by atoms with Crippen LogP contribution in [0.1, 0.15) is 128 Å². The van der Waals surface area contributed by atoms with E-state index in [1.54, 1.807) is 0 Å². The average Bonchev–Trinajstić information content (AvgIpc) is 1.53. The largest absolute Gasteiger partial charge is 0.509 e. The quantitative estimate of drug-likeness (QED) is 0.116. The van der Waals surface area contributed by atoms with Crippen molar-refractivity contribution >= 4 is 62.2 Å². The van der Waals surface area contributed by atoms with E-state index in [9.17, 15) is 0 Å². The van der Waals surface area contributed by atoms with Gasteiger partial charge >= 0.3 is 0 Å². The van der Waals surface area contributed by atoms with Gasteiger partial charge in [-0.05, 0) is 120 Å². The van der Waals surface area contributed by atoms with Crippen molar-refractivity contribution in [3.05, 3.63) is 258 Å². The van der Waals surface area contributed by atoms with E-state index < -0.39 is 5.41 Å². The number of pyridine rings is 1. The zero-order valence-corrected chi connectivity index (χ0v) is 53.6. The van der Waals surface area contributed by atoms with Crippen molar-refractivity contribution in [3.63, 3.8) is 0 Å². The van der Waals surface area contributed by atoms with Gasteiger partial charge in [0.1, 0.15) is 5.82 Å². The summed E-state index contributed by atoms with van der Waals surface area (Å²) in [6, 6.07) is 76.4. The molecule has 0 fully saturated rings. The molecule has 1 spiro atoms. The molecule has 9 aromatic carbocycles. The van der Waals surface area contributed by atoms with Crippen LogP contribution in [0.5, 0.6) is 11.5 Å². The van der Waals surface area contributed by atoms with Crippen molar-refractivity contribution in [2.24, 2.45) is 0 Å². The number of aromatic nitrogens is 2. The minimum Gasteiger partial charge on any atom is -0.509 e. The van der Waals surface area contributed by atoms with Gasteiger partial charge < -0.3 is 19.5 Å². The number of nitrogens with zero attached hydrogens (tertiary/aromatic N) is 3. The minimum atomic E-state index is -0.608. The summed E-state index contributed by atoms with van der Waals surface area (Å²) < 4.78 is 9.46. The van der Waals surface area contributed by atoms with Crippen LogP contribution in [0, 0.1) is 19.2 Å². The predicted octanol–water partition coefficient (Wildman–Crippen LogP) is 19.0. The van der Waals surface area contributed by atoms with Gasteiger partial charge in [-0.25, -0.2) is 4.98 Å². The Morgan fingerprint density at radius 2 is 1.08 bits per heavy atom. The fourth-order valence-corrected chi connectivity index (χ4v) is 13.3. The molecule has 7 heteroatoms. The van der Waals surface area contributed by atoms with Crippen LogP contribution in [-0.4, -0.2) is 16.3 Å². The number of nitrogens with one attached hydrogen (secondary N) is 1. The number of ether oxygens (including phenoxy) is 1. The second-order valence-electron chi connectivity index (χ2n) is 27.5. The maximum absolute atomic E-state index is 7.16. The van der Waals surface area contributed by atoms with Gasteiger partial charge in [0.2, 0.25) is 6.71 Å². The fourth-order valence-electron chi connectivity index (χ4n) is 13.3. The molecule has 2 aromatic heterocycles. The summed E-state index contributed by atoms with van der Waals surface area (Å²) in [5.41, 5.74) is 21.9. The average molecular weight is 1290 g/mol. The molecule has 2 aliphatic rings. The van der Waals surface area contributed by atoms with Crippen molar-refractivity contribution in [1.29, 1.82) is 0 Å². The molecule has 0 saturated heterocycles. The van der Waals surface area contributed by atoms with Gasteiger partial charge in [0.15, 0.2) is 0 Å². The summed E-state index contributed by atoms with van der Waals surface area (Å²) >= 11 is 0. The van der Waals surface area contributed by atoms with Gasteiger partial charge in [-0.2, -0.15) is 6.07 Å². The summed E-state index contributed by atoms with van der Waals surface area (Å²) in [5, 5.41) is 6.21. The van der Waals surface area contributed by atoms with Crippen molar-refractivity contribution in [1.82, 2.24) is 9.55 Å². The van der Waals surface area contributed by atoms with E-state index in [1.165, 1.54) is 71.8 Å². The number of benzene rings is 9. The summed E-state index contributed by atoms with van der Waals surface area (Å²) in [5.74, 6) is 2.01. The zero-order chi connectivity index (χ0) is 58.8. The molecule has 5 nitrogen and oxygen atoms in total. The van der Waals surface area contributed by atoms with Crippen LogP contribution in [0.2, 0.25) is 6.82 Å². The van der Waals surface area contributed by atoms with Gasteiger partial charge in [-0.3, -0.25) is 7.05 Å². The molecule has 428 valence electrons. The van der Waals surface area contributed by atoms with Crippen LogP contribution in [0.25, 0.3) is 49.9 Å². The second kappa shape index (κ2) is 21.0. The van der Waals surface area contributed by atoms with E-state index in [4.69, 9.17) is 16.8 Å². The van der Waals surface area contributed by atoms with Crippen LogP contribution in [0.4, 0.5) is 22.7 Å². The Labute approximate surface area is 518 Å². The number of rotatable bonds is 9. The van der Waals surface area contributed by atoms with E-state index in [-0.39, 0.29) is 49.4 Å². The molecule has 0 radical (unpaired) electrons. The molecule has 0 saturated carbocycles. The molecule has 3 heterocycles. The van der Waals surface area contributed by atoms with Gasteiger partial charge in [0.05, 0.1) is 5.69 Å². The monoisotopic (exact) mass is 1290 g/mol. The third-order valence-corrected chi connectivity index (χ3v) is 17.9. The molecule has 13 rings (SSSR count). The van der Waals surface area contributed by atoms with Crippen molar-refractivity contribution < 1.29 is 25.8 Å². The molecule has 0 atom stereocenters. The molecule has 85 heavy (non-hydrogen) atoms. The Balaban J connectivity index is 0.00000709. The summed E-state index contributed by atoms with van der Waals surface area (Å²) in [6.45, 7) is 30.1. The molecule has 1 aliphatic carbocycles.